The average Bonchev–Trinajstić information content (AvgIpc) is 3.18. The molecule has 1 N–H and O–H groups in total. The fraction of sp³-hybridized carbons (Fsp3) is 0.105. The van der Waals surface area contributed by atoms with Crippen molar-refractivity contribution in [2.45, 2.75) is 13.5 Å². The third-order valence-electron chi connectivity index (χ3n) is 4.17. The third-order valence-corrected chi connectivity index (χ3v) is 4.66. The van der Waals surface area contributed by atoms with Crippen LogP contribution in [0.15, 0.2) is 67.6 Å². The Kier molecular flexibility index (Phi) is 4.08. The predicted molar refractivity (Wildman–Crippen MR) is 102 cm³/mol. The smallest absolute Gasteiger partial charge is 0.331 e. The molecule has 0 aliphatic carbocycles. The number of hydrogen-bond acceptors (Lipinski definition) is 4. The second-order valence-electron chi connectivity index (χ2n) is 5.73. The highest BCUT2D eigenvalue weighted by molar-refractivity contribution is 9.10. The predicted octanol–water partition coefficient (Wildman–Crippen LogP) is 5.80. The Hall–Kier alpha value is -2.93. The van der Waals surface area contributed by atoms with E-state index in [1.807, 2.05) is 43.3 Å². The van der Waals surface area contributed by atoms with Crippen molar-refractivity contribution >= 4 is 49.4 Å². The number of hydrogen-bond donors (Lipinski definition) is 1. The molecule has 2 heterocycles. The van der Waals surface area contributed by atoms with Crippen molar-refractivity contribution in [3.05, 3.63) is 58.8 Å². The molecule has 0 spiro atoms. The molecule has 4 aromatic rings. The lowest BCUT2D eigenvalue weighted by molar-refractivity contribution is 0.0970. The molecule has 7 heteroatoms. The Labute approximate surface area is 156 Å². The summed E-state index contributed by atoms with van der Waals surface area (Å²) in [5, 5.41) is 19.8. The Bertz CT molecular complexity index is 1140. The van der Waals surface area contributed by atoms with Crippen LogP contribution in [0.5, 0.6) is 5.88 Å². The summed E-state index contributed by atoms with van der Waals surface area (Å²) in [6.45, 7) is 2.48. The van der Waals surface area contributed by atoms with Gasteiger partial charge in [0, 0.05) is 21.8 Å². The summed E-state index contributed by atoms with van der Waals surface area (Å²) in [5.41, 5.74) is 1.69. The molecular weight excluding hydrogens is 398 g/mol. The van der Waals surface area contributed by atoms with Gasteiger partial charge in [0.05, 0.1) is 5.52 Å². The summed E-state index contributed by atoms with van der Waals surface area (Å²) in [4.78, 5) is 12.3. The van der Waals surface area contributed by atoms with E-state index in [9.17, 15) is 9.90 Å². The summed E-state index contributed by atoms with van der Waals surface area (Å²) in [6.07, 6.45) is 0. The zero-order valence-electron chi connectivity index (χ0n) is 13.8. The molecule has 0 fully saturated rings. The van der Waals surface area contributed by atoms with E-state index in [0.29, 0.717) is 17.5 Å². The average molecular weight is 412 g/mol. The largest absolute Gasteiger partial charge is 0.493 e. The number of nitrogens with zero attached hydrogens (tertiary/aromatic N) is 3. The van der Waals surface area contributed by atoms with E-state index in [4.69, 9.17) is 4.42 Å². The Morgan fingerprint density at radius 2 is 2.04 bits per heavy atom. The van der Waals surface area contributed by atoms with E-state index in [-0.39, 0.29) is 17.3 Å². The molecule has 0 saturated heterocycles. The molecule has 2 aromatic carbocycles. The molecule has 26 heavy (non-hydrogen) atoms. The van der Waals surface area contributed by atoms with Gasteiger partial charge in [0.25, 0.3) is 0 Å². The van der Waals surface area contributed by atoms with Crippen molar-refractivity contribution in [3.63, 3.8) is 0 Å². The van der Waals surface area contributed by atoms with Gasteiger partial charge in [0.1, 0.15) is 5.58 Å². The first-order valence-electron chi connectivity index (χ1n) is 8.04. The Morgan fingerprint density at radius 1 is 1.23 bits per heavy atom. The van der Waals surface area contributed by atoms with E-state index in [1.54, 1.807) is 16.7 Å². The SMILES string of the molecule is CCn1c(O)c(N=NC(=O)c2cc3ccccc3o2)c2cc(Br)ccc21. The molecule has 0 unspecified atom stereocenters. The lowest BCUT2D eigenvalue weighted by atomic mass is 10.2. The number of aromatic nitrogens is 1. The van der Waals surface area contributed by atoms with Crippen LogP contribution in [-0.2, 0) is 6.54 Å². The fourth-order valence-electron chi connectivity index (χ4n) is 2.95. The molecule has 0 aliphatic rings. The molecular formula is C19H14BrN3O3. The second kappa shape index (κ2) is 6.42. The van der Waals surface area contributed by atoms with Gasteiger partial charge in [-0.05, 0) is 37.3 Å². The number of azo groups is 1. The molecule has 4 rings (SSSR count). The van der Waals surface area contributed by atoms with Gasteiger partial charge in [-0.25, -0.2) is 0 Å². The number of para-hydroxylation sites is 1. The standard InChI is InChI=1S/C19H14BrN3O3/c1-2-23-14-8-7-12(20)10-13(14)17(19(23)25)21-22-18(24)16-9-11-5-3-4-6-15(11)26-16/h3-10,25H,2H2,1H3. The van der Waals surface area contributed by atoms with Crippen LogP contribution in [0.2, 0.25) is 0 Å². The van der Waals surface area contributed by atoms with Crippen LogP contribution in [-0.4, -0.2) is 15.6 Å². The fourth-order valence-corrected chi connectivity index (χ4v) is 3.31. The topological polar surface area (TPSA) is 80.1 Å². The number of benzene rings is 2. The highest BCUT2D eigenvalue weighted by Crippen LogP contribution is 2.40. The number of furan rings is 1. The van der Waals surface area contributed by atoms with Crippen LogP contribution in [0.1, 0.15) is 17.5 Å². The summed E-state index contributed by atoms with van der Waals surface area (Å²) in [7, 11) is 0. The normalized spacial score (nSPS) is 11.8. The number of carbonyl (C=O) groups is 1. The van der Waals surface area contributed by atoms with Crippen molar-refractivity contribution in [2.75, 3.05) is 0 Å². The molecule has 0 bridgehead atoms. The van der Waals surface area contributed by atoms with Crippen LogP contribution in [0.25, 0.3) is 21.9 Å². The summed E-state index contributed by atoms with van der Waals surface area (Å²) in [6, 6.07) is 14.5. The van der Waals surface area contributed by atoms with E-state index in [0.717, 1.165) is 15.4 Å². The number of carbonyl (C=O) groups excluding carboxylic acids is 1. The van der Waals surface area contributed by atoms with Crippen LogP contribution in [0.4, 0.5) is 5.69 Å². The number of fused-ring (bicyclic) bond motifs is 2. The maximum absolute atomic E-state index is 12.3. The van der Waals surface area contributed by atoms with Crippen molar-refractivity contribution in [1.29, 1.82) is 0 Å². The van der Waals surface area contributed by atoms with E-state index in [1.165, 1.54) is 0 Å². The van der Waals surface area contributed by atoms with Crippen molar-refractivity contribution in [3.8, 4) is 5.88 Å². The number of rotatable bonds is 3. The quantitative estimate of drug-likeness (QED) is 0.432. The highest BCUT2D eigenvalue weighted by atomic mass is 79.9. The molecule has 130 valence electrons. The second-order valence-corrected chi connectivity index (χ2v) is 6.65. The molecule has 0 saturated carbocycles. The van der Waals surface area contributed by atoms with Gasteiger partial charge in [-0.3, -0.25) is 4.79 Å². The minimum absolute atomic E-state index is 0.0262. The first-order valence-corrected chi connectivity index (χ1v) is 8.83. The lowest BCUT2D eigenvalue weighted by Crippen LogP contribution is -1.91. The van der Waals surface area contributed by atoms with Crippen molar-refractivity contribution in [2.24, 2.45) is 10.2 Å². The molecule has 6 nitrogen and oxygen atoms in total. The van der Waals surface area contributed by atoms with Crippen LogP contribution >= 0.6 is 15.9 Å². The van der Waals surface area contributed by atoms with Crippen LogP contribution in [0.3, 0.4) is 0 Å². The number of amides is 1. The van der Waals surface area contributed by atoms with Crippen LogP contribution in [0, 0.1) is 0 Å². The number of aryl methyl sites for hydroxylation is 1. The lowest BCUT2D eigenvalue weighted by Gasteiger charge is -2.01. The van der Waals surface area contributed by atoms with E-state index < -0.39 is 5.91 Å². The Morgan fingerprint density at radius 3 is 2.81 bits per heavy atom. The molecule has 0 radical (unpaired) electrons. The van der Waals surface area contributed by atoms with Gasteiger partial charge in [-0.15, -0.1) is 10.2 Å². The van der Waals surface area contributed by atoms with Gasteiger partial charge in [-0.1, -0.05) is 34.1 Å². The molecule has 0 atom stereocenters. The molecule has 1 amide bonds. The summed E-state index contributed by atoms with van der Waals surface area (Å²) in [5.74, 6) is -0.524. The minimum Gasteiger partial charge on any atom is -0.493 e. The van der Waals surface area contributed by atoms with E-state index in [2.05, 4.69) is 26.2 Å². The zero-order valence-corrected chi connectivity index (χ0v) is 15.4. The van der Waals surface area contributed by atoms with Gasteiger partial charge in [-0.2, -0.15) is 0 Å². The molecule has 2 aromatic heterocycles. The monoisotopic (exact) mass is 411 g/mol. The van der Waals surface area contributed by atoms with Gasteiger partial charge >= 0.3 is 5.91 Å². The minimum atomic E-state index is -0.604. The van der Waals surface area contributed by atoms with Crippen molar-refractivity contribution < 1.29 is 14.3 Å². The maximum atomic E-state index is 12.3. The summed E-state index contributed by atoms with van der Waals surface area (Å²) >= 11 is 3.41. The number of aromatic hydroxyl groups is 1. The summed E-state index contributed by atoms with van der Waals surface area (Å²) < 4.78 is 8.06. The van der Waals surface area contributed by atoms with E-state index >= 15 is 0 Å². The van der Waals surface area contributed by atoms with Gasteiger partial charge in [0.2, 0.25) is 5.88 Å². The molecule has 0 aliphatic heterocycles. The maximum Gasteiger partial charge on any atom is 0.331 e. The van der Waals surface area contributed by atoms with Crippen molar-refractivity contribution in [1.82, 2.24) is 4.57 Å². The van der Waals surface area contributed by atoms with Crippen LogP contribution < -0.4 is 0 Å². The highest BCUT2D eigenvalue weighted by Gasteiger charge is 2.17. The van der Waals surface area contributed by atoms with Gasteiger partial charge < -0.3 is 14.1 Å². The number of halogens is 1. The Balaban J connectivity index is 1.75. The third kappa shape index (κ3) is 2.70. The van der Waals surface area contributed by atoms with Gasteiger partial charge in [0.15, 0.2) is 11.4 Å². The first kappa shape index (κ1) is 16.5. The zero-order chi connectivity index (χ0) is 18.3. The first-order chi connectivity index (χ1) is 12.6.